The van der Waals surface area contributed by atoms with Gasteiger partial charge in [-0.1, -0.05) is 6.07 Å². The van der Waals surface area contributed by atoms with Crippen LogP contribution in [0.1, 0.15) is 0 Å². The Labute approximate surface area is 86.7 Å². The van der Waals surface area contributed by atoms with Crippen molar-refractivity contribution in [2.45, 2.75) is 0 Å². The molecule has 0 aliphatic heterocycles. The average Bonchev–Trinajstić information content (AvgIpc) is 2.69. The fourth-order valence-electron chi connectivity index (χ4n) is 1.36. The molecule has 0 radical (unpaired) electrons. The molecule has 2 rings (SSSR count). The van der Waals surface area contributed by atoms with Gasteiger partial charge in [-0.25, -0.2) is 0 Å². The number of methoxy groups -OCH3 is 1. The second kappa shape index (κ2) is 4.18. The molecule has 0 aliphatic rings. The van der Waals surface area contributed by atoms with Gasteiger partial charge in [0.25, 0.3) is 5.88 Å². The highest BCUT2D eigenvalue weighted by atomic mass is 16.5. The van der Waals surface area contributed by atoms with Crippen molar-refractivity contribution in [1.82, 2.24) is 5.16 Å². The van der Waals surface area contributed by atoms with Gasteiger partial charge >= 0.3 is 0 Å². The highest BCUT2D eigenvalue weighted by Gasteiger charge is 2.13. The molecule has 5 heteroatoms. The first-order valence-corrected chi connectivity index (χ1v) is 4.62. The standard InChI is InChI=1S/C10H12N2O3/c1-13-7-3-2-4-8-9(7)10(12-15-8)14-6-5-11/h2-4H,5-6,11H2,1H3. The van der Waals surface area contributed by atoms with Gasteiger partial charge in [0.15, 0.2) is 5.58 Å². The molecular formula is C10H12N2O3. The minimum absolute atomic E-state index is 0.402. The number of aromatic nitrogens is 1. The molecular weight excluding hydrogens is 196 g/mol. The van der Waals surface area contributed by atoms with Gasteiger partial charge in [-0.2, -0.15) is 0 Å². The summed E-state index contributed by atoms with van der Waals surface area (Å²) < 4.78 is 15.6. The first-order valence-electron chi connectivity index (χ1n) is 4.62. The zero-order valence-electron chi connectivity index (χ0n) is 8.40. The molecule has 0 atom stereocenters. The fourth-order valence-corrected chi connectivity index (χ4v) is 1.36. The van der Waals surface area contributed by atoms with Crippen molar-refractivity contribution in [2.75, 3.05) is 20.3 Å². The van der Waals surface area contributed by atoms with Crippen molar-refractivity contribution in [1.29, 1.82) is 0 Å². The van der Waals surface area contributed by atoms with Crippen LogP contribution in [0.5, 0.6) is 11.6 Å². The van der Waals surface area contributed by atoms with Crippen LogP contribution in [0.2, 0.25) is 0 Å². The smallest absolute Gasteiger partial charge is 0.265 e. The van der Waals surface area contributed by atoms with Gasteiger partial charge in [-0.15, -0.1) is 0 Å². The maximum atomic E-state index is 5.35. The zero-order valence-corrected chi connectivity index (χ0v) is 8.40. The highest BCUT2D eigenvalue weighted by molar-refractivity contribution is 5.88. The minimum atomic E-state index is 0.402. The van der Waals surface area contributed by atoms with E-state index in [1.165, 1.54) is 0 Å². The SMILES string of the molecule is COc1cccc2onc(OCCN)c12. The van der Waals surface area contributed by atoms with Crippen LogP contribution >= 0.6 is 0 Å². The van der Waals surface area contributed by atoms with E-state index < -0.39 is 0 Å². The van der Waals surface area contributed by atoms with Gasteiger partial charge in [-0.3, -0.25) is 0 Å². The van der Waals surface area contributed by atoms with E-state index >= 15 is 0 Å². The molecule has 0 spiro atoms. The molecule has 0 bridgehead atoms. The van der Waals surface area contributed by atoms with Gasteiger partial charge in [0.2, 0.25) is 0 Å². The van der Waals surface area contributed by atoms with Gasteiger partial charge < -0.3 is 19.7 Å². The van der Waals surface area contributed by atoms with Gasteiger partial charge in [0, 0.05) is 6.54 Å². The van der Waals surface area contributed by atoms with Crippen molar-refractivity contribution in [2.24, 2.45) is 5.73 Å². The Morgan fingerprint density at radius 3 is 3.07 bits per heavy atom. The molecule has 2 N–H and O–H groups in total. The van der Waals surface area contributed by atoms with Crippen molar-refractivity contribution in [3.05, 3.63) is 18.2 Å². The number of hydrogen-bond acceptors (Lipinski definition) is 5. The lowest BCUT2D eigenvalue weighted by molar-refractivity contribution is 0.292. The predicted octanol–water partition coefficient (Wildman–Crippen LogP) is 1.17. The third kappa shape index (κ3) is 1.73. The number of benzene rings is 1. The molecule has 5 nitrogen and oxygen atoms in total. The van der Waals surface area contributed by atoms with Gasteiger partial charge in [0.1, 0.15) is 17.7 Å². The van der Waals surface area contributed by atoms with Crippen LogP contribution < -0.4 is 15.2 Å². The monoisotopic (exact) mass is 208 g/mol. The van der Waals surface area contributed by atoms with Crippen molar-refractivity contribution in [3.8, 4) is 11.6 Å². The summed E-state index contributed by atoms with van der Waals surface area (Å²) in [6, 6.07) is 5.47. The van der Waals surface area contributed by atoms with E-state index in [2.05, 4.69) is 5.16 Å². The molecule has 0 amide bonds. The lowest BCUT2D eigenvalue weighted by Crippen LogP contribution is -2.10. The molecule has 0 aliphatic carbocycles. The van der Waals surface area contributed by atoms with E-state index in [0.717, 1.165) is 5.39 Å². The molecule has 2 aromatic rings. The Kier molecular flexibility index (Phi) is 2.73. The van der Waals surface area contributed by atoms with Crippen molar-refractivity contribution in [3.63, 3.8) is 0 Å². The first kappa shape index (κ1) is 9.79. The predicted molar refractivity (Wildman–Crippen MR) is 55.1 cm³/mol. The van der Waals surface area contributed by atoms with Crippen LogP contribution in [0.3, 0.4) is 0 Å². The lowest BCUT2D eigenvalue weighted by atomic mass is 10.2. The Bertz CT molecular complexity index is 453. The Hall–Kier alpha value is -1.75. The number of nitrogens with zero attached hydrogens (tertiary/aromatic N) is 1. The minimum Gasteiger partial charge on any atom is -0.496 e. The normalized spacial score (nSPS) is 10.5. The molecule has 1 heterocycles. The van der Waals surface area contributed by atoms with Crippen LogP contribution in [0.15, 0.2) is 22.7 Å². The maximum absolute atomic E-state index is 5.35. The van der Waals surface area contributed by atoms with Crippen LogP contribution in [-0.2, 0) is 0 Å². The summed E-state index contributed by atoms with van der Waals surface area (Å²) in [6.45, 7) is 0.836. The second-order valence-electron chi connectivity index (χ2n) is 2.96. The summed E-state index contributed by atoms with van der Waals surface area (Å²) in [5.41, 5.74) is 5.99. The molecule has 15 heavy (non-hydrogen) atoms. The Balaban J connectivity index is 2.46. The number of fused-ring (bicyclic) bond motifs is 1. The van der Waals surface area contributed by atoms with E-state index in [9.17, 15) is 0 Å². The topological polar surface area (TPSA) is 70.5 Å². The summed E-state index contributed by atoms with van der Waals surface area (Å²) >= 11 is 0. The summed E-state index contributed by atoms with van der Waals surface area (Å²) in [4.78, 5) is 0. The molecule has 0 saturated carbocycles. The molecule has 80 valence electrons. The van der Waals surface area contributed by atoms with Crippen molar-refractivity contribution < 1.29 is 14.0 Å². The molecule has 0 unspecified atom stereocenters. The van der Waals surface area contributed by atoms with E-state index in [1.54, 1.807) is 13.2 Å². The number of hydrogen-bond donors (Lipinski definition) is 1. The summed E-state index contributed by atoms with van der Waals surface area (Å²) in [7, 11) is 1.59. The number of rotatable bonds is 4. The zero-order chi connectivity index (χ0) is 10.7. The quantitative estimate of drug-likeness (QED) is 0.816. The highest BCUT2D eigenvalue weighted by Crippen LogP contribution is 2.33. The second-order valence-corrected chi connectivity index (χ2v) is 2.96. The van der Waals surface area contributed by atoms with E-state index in [-0.39, 0.29) is 0 Å². The third-order valence-corrected chi connectivity index (χ3v) is 2.01. The van der Waals surface area contributed by atoms with Crippen molar-refractivity contribution >= 4 is 11.0 Å². The van der Waals surface area contributed by atoms with Crippen LogP contribution in [0, 0.1) is 0 Å². The fraction of sp³-hybridized carbons (Fsp3) is 0.300. The van der Waals surface area contributed by atoms with E-state index in [4.69, 9.17) is 19.7 Å². The Morgan fingerprint density at radius 1 is 1.47 bits per heavy atom. The Morgan fingerprint density at radius 2 is 2.33 bits per heavy atom. The van der Waals surface area contributed by atoms with Crippen LogP contribution in [0.4, 0.5) is 0 Å². The summed E-state index contributed by atoms with van der Waals surface area (Å²) in [5.74, 6) is 1.11. The number of ether oxygens (including phenoxy) is 2. The lowest BCUT2D eigenvalue weighted by Gasteiger charge is -2.02. The first-order chi connectivity index (χ1) is 7.36. The molecule has 1 aromatic heterocycles. The van der Waals surface area contributed by atoms with Gasteiger partial charge in [-0.05, 0) is 17.3 Å². The summed E-state index contributed by atoms with van der Waals surface area (Å²) in [6.07, 6.45) is 0. The van der Waals surface area contributed by atoms with E-state index in [0.29, 0.717) is 30.4 Å². The van der Waals surface area contributed by atoms with E-state index in [1.807, 2.05) is 12.1 Å². The summed E-state index contributed by atoms with van der Waals surface area (Å²) in [5, 5.41) is 4.55. The van der Waals surface area contributed by atoms with Crippen LogP contribution in [0.25, 0.3) is 11.0 Å². The maximum Gasteiger partial charge on any atom is 0.265 e. The molecule has 0 saturated heterocycles. The molecule has 0 fully saturated rings. The third-order valence-electron chi connectivity index (χ3n) is 2.01. The van der Waals surface area contributed by atoms with Gasteiger partial charge in [0.05, 0.1) is 7.11 Å². The average molecular weight is 208 g/mol. The number of nitrogens with two attached hydrogens (primary N) is 1. The van der Waals surface area contributed by atoms with Crippen LogP contribution in [-0.4, -0.2) is 25.4 Å². The largest absolute Gasteiger partial charge is 0.496 e. The molecule has 1 aromatic carbocycles.